The molecule has 0 aliphatic carbocycles. The summed E-state index contributed by atoms with van der Waals surface area (Å²) in [5, 5.41) is 9.30. The van der Waals surface area contributed by atoms with E-state index >= 15 is 0 Å². The third kappa shape index (κ3) is 6.39. The van der Waals surface area contributed by atoms with Crippen LogP contribution in [-0.2, 0) is 14.3 Å². The zero-order valence-electron chi connectivity index (χ0n) is 13.4. The first kappa shape index (κ1) is 19.7. The second kappa shape index (κ2) is 7.46. The van der Waals surface area contributed by atoms with Crippen molar-refractivity contribution in [3.8, 4) is 0 Å². The Kier molecular flexibility index (Phi) is 6.11. The third-order valence-corrected chi connectivity index (χ3v) is 2.84. The molecule has 8 heteroatoms. The van der Waals surface area contributed by atoms with Crippen molar-refractivity contribution in [2.45, 2.75) is 38.5 Å². The van der Waals surface area contributed by atoms with Crippen molar-refractivity contribution in [1.29, 1.82) is 0 Å². The summed E-state index contributed by atoms with van der Waals surface area (Å²) < 4.78 is 42.4. The molecule has 0 bridgehead atoms. The van der Waals surface area contributed by atoms with Crippen molar-refractivity contribution < 1.29 is 32.6 Å². The van der Waals surface area contributed by atoms with Crippen molar-refractivity contribution >= 4 is 11.9 Å². The van der Waals surface area contributed by atoms with Gasteiger partial charge in [-0.15, -0.1) is 0 Å². The van der Waals surface area contributed by atoms with Crippen LogP contribution in [0.25, 0.3) is 0 Å². The van der Waals surface area contributed by atoms with E-state index in [1.54, 1.807) is 20.8 Å². The Bertz CT molecular complexity index is 606. The van der Waals surface area contributed by atoms with Gasteiger partial charge in [-0.05, 0) is 32.4 Å². The van der Waals surface area contributed by atoms with Gasteiger partial charge in [-0.1, -0.05) is 12.1 Å². The molecule has 0 aliphatic heterocycles. The number of carboxylic acid groups (broad SMARTS) is 1. The number of aliphatic carboxylic acids is 1. The van der Waals surface area contributed by atoms with E-state index in [1.807, 2.05) is 0 Å². The summed E-state index contributed by atoms with van der Waals surface area (Å²) in [5.74, 6) is -5.70. The van der Waals surface area contributed by atoms with E-state index in [2.05, 4.69) is 4.98 Å². The van der Waals surface area contributed by atoms with Gasteiger partial charge in [0, 0.05) is 18.5 Å². The Morgan fingerprint density at radius 1 is 1.29 bits per heavy atom. The molecule has 0 aliphatic rings. The fourth-order valence-electron chi connectivity index (χ4n) is 1.96. The molecule has 0 spiro atoms. The minimum atomic E-state index is -4.69. The average molecular weight is 345 g/mol. The highest BCUT2D eigenvalue weighted by Crippen LogP contribution is 2.30. The maximum absolute atomic E-state index is 12.4. The van der Waals surface area contributed by atoms with Gasteiger partial charge in [0.2, 0.25) is 0 Å². The number of nitrogens with zero attached hydrogens (tertiary/aromatic N) is 1. The van der Waals surface area contributed by atoms with Crippen LogP contribution in [0.4, 0.5) is 13.2 Å². The number of allylic oxidation sites excluding steroid dienone is 1. The van der Waals surface area contributed by atoms with E-state index in [9.17, 15) is 27.9 Å². The van der Waals surface area contributed by atoms with Gasteiger partial charge in [0.1, 0.15) is 11.5 Å². The Morgan fingerprint density at radius 3 is 2.33 bits per heavy atom. The van der Waals surface area contributed by atoms with Crippen molar-refractivity contribution in [2.75, 3.05) is 0 Å². The molecule has 0 radical (unpaired) electrons. The molecule has 1 N–H and O–H groups in total. The molecule has 1 aromatic rings. The van der Waals surface area contributed by atoms with Gasteiger partial charge in [-0.2, -0.15) is 13.2 Å². The smallest absolute Gasteiger partial charge is 0.409 e. The zero-order chi connectivity index (χ0) is 18.5. The number of aromatic nitrogens is 1. The summed E-state index contributed by atoms with van der Waals surface area (Å²) in [4.78, 5) is 27.6. The monoisotopic (exact) mass is 345 g/mol. The lowest BCUT2D eigenvalue weighted by Gasteiger charge is -2.26. The summed E-state index contributed by atoms with van der Waals surface area (Å²) in [7, 11) is 0. The predicted octanol–water partition coefficient (Wildman–Crippen LogP) is 3.33. The number of carboxylic acids is 1. The standard InChI is InChI=1S/C16H18F3NO4/c1-15(2,3)24-14(23)12(10-5-4-8-20-9-10)11(13(21)22)6-7-16(17,18)19/h4-9,11-12H,1-3H3,(H,21,22). The largest absolute Gasteiger partial charge is 0.481 e. The highest BCUT2D eigenvalue weighted by atomic mass is 19.4. The number of hydrogen-bond acceptors (Lipinski definition) is 4. The Hall–Kier alpha value is -2.38. The summed E-state index contributed by atoms with van der Waals surface area (Å²) in [6, 6.07) is 2.87. The number of rotatable bonds is 5. The van der Waals surface area contributed by atoms with Gasteiger partial charge in [0.25, 0.3) is 0 Å². The van der Waals surface area contributed by atoms with Crippen LogP contribution < -0.4 is 0 Å². The van der Waals surface area contributed by atoms with E-state index in [0.717, 1.165) is 0 Å². The maximum atomic E-state index is 12.4. The van der Waals surface area contributed by atoms with Crippen LogP contribution in [-0.4, -0.2) is 33.8 Å². The van der Waals surface area contributed by atoms with E-state index in [1.165, 1.54) is 24.5 Å². The first-order valence-corrected chi connectivity index (χ1v) is 7.02. The number of carbonyl (C=O) groups excluding carboxylic acids is 1. The quantitative estimate of drug-likeness (QED) is 0.654. The average Bonchev–Trinajstić information content (AvgIpc) is 2.40. The second-order valence-corrected chi connectivity index (χ2v) is 6.06. The molecule has 1 aromatic heterocycles. The highest BCUT2D eigenvalue weighted by Gasteiger charge is 2.37. The molecule has 1 rings (SSSR count). The molecule has 0 fully saturated rings. The van der Waals surface area contributed by atoms with Crippen LogP contribution in [0.1, 0.15) is 32.3 Å². The lowest BCUT2D eigenvalue weighted by molar-refractivity contribution is -0.161. The van der Waals surface area contributed by atoms with Crippen molar-refractivity contribution in [1.82, 2.24) is 4.98 Å². The van der Waals surface area contributed by atoms with E-state index in [0.29, 0.717) is 6.08 Å². The van der Waals surface area contributed by atoms with Gasteiger partial charge >= 0.3 is 18.1 Å². The molecule has 0 saturated carbocycles. The van der Waals surface area contributed by atoms with Gasteiger partial charge in [-0.25, -0.2) is 0 Å². The Balaban J connectivity index is 3.30. The van der Waals surface area contributed by atoms with E-state index in [4.69, 9.17) is 4.74 Å². The number of pyridine rings is 1. The van der Waals surface area contributed by atoms with Gasteiger partial charge < -0.3 is 9.84 Å². The number of halogens is 3. The summed E-state index contributed by atoms with van der Waals surface area (Å²) in [6.07, 6.45) is -1.81. The molecule has 2 atom stereocenters. The van der Waals surface area contributed by atoms with Gasteiger partial charge in [0.05, 0.1) is 5.92 Å². The molecule has 1 heterocycles. The summed E-state index contributed by atoms with van der Waals surface area (Å²) in [5.41, 5.74) is -0.764. The second-order valence-electron chi connectivity index (χ2n) is 6.06. The molecule has 132 valence electrons. The zero-order valence-corrected chi connectivity index (χ0v) is 13.4. The first-order chi connectivity index (χ1) is 10.9. The third-order valence-electron chi connectivity index (χ3n) is 2.84. The fourth-order valence-corrected chi connectivity index (χ4v) is 1.96. The van der Waals surface area contributed by atoms with Gasteiger partial charge in [-0.3, -0.25) is 14.6 Å². The lowest BCUT2D eigenvalue weighted by atomic mass is 9.86. The minimum absolute atomic E-state index is 0.158. The number of alkyl halides is 3. The van der Waals surface area contributed by atoms with E-state index in [-0.39, 0.29) is 11.6 Å². The predicted molar refractivity (Wildman–Crippen MR) is 79.1 cm³/mol. The molecule has 0 amide bonds. The lowest BCUT2D eigenvalue weighted by Crippen LogP contribution is -2.33. The van der Waals surface area contributed by atoms with Crippen LogP contribution in [0.3, 0.4) is 0 Å². The fraction of sp³-hybridized carbons (Fsp3) is 0.438. The summed E-state index contributed by atoms with van der Waals surface area (Å²) in [6.45, 7) is 4.73. The molecular weight excluding hydrogens is 327 g/mol. The van der Waals surface area contributed by atoms with E-state index < -0.39 is 35.6 Å². The molecule has 5 nitrogen and oxygen atoms in total. The van der Waals surface area contributed by atoms with Crippen LogP contribution >= 0.6 is 0 Å². The highest BCUT2D eigenvalue weighted by molar-refractivity contribution is 5.87. The number of esters is 1. The maximum Gasteiger partial charge on any atom is 0.409 e. The SMILES string of the molecule is CC(C)(C)OC(=O)C(c1cccnc1)C(C=CC(F)(F)F)C(=O)O. The minimum Gasteiger partial charge on any atom is -0.481 e. The molecular formula is C16H18F3NO4. The van der Waals surface area contributed by atoms with Crippen molar-refractivity contribution in [3.05, 3.63) is 42.2 Å². The van der Waals surface area contributed by atoms with Crippen LogP contribution in [0.2, 0.25) is 0 Å². The molecule has 24 heavy (non-hydrogen) atoms. The summed E-state index contributed by atoms with van der Waals surface area (Å²) >= 11 is 0. The number of ether oxygens (including phenoxy) is 1. The molecule has 0 aromatic carbocycles. The van der Waals surface area contributed by atoms with Crippen LogP contribution in [0.5, 0.6) is 0 Å². The van der Waals surface area contributed by atoms with Crippen molar-refractivity contribution in [3.63, 3.8) is 0 Å². The van der Waals surface area contributed by atoms with Gasteiger partial charge in [0.15, 0.2) is 0 Å². The van der Waals surface area contributed by atoms with Crippen LogP contribution in [0.15, 0.2) is 36.7 Å². The Morgan fingerprint density at radius 2 is 1.92 bits per heavy atom. The number of hydrogen-bond donors (Lipinski definition) is 1. The van der Waals surface area contributed by atoms with Crippen LogP contribution in [0, 0.1) is 5.92 Å². The molecule has 0 saturated heterocycles. The molecule has 2 unspecified atom stereocenters. The normalized spacial score (nSPS) is 15.1. The number of carbonyl (C=O) groups is 2. The topological polar surface area (TPSA) is 76.5 Å². The first-order valence-electron chi connectivity index (χ1n) is 7.02. The Labute approximate surface area is 137 Å². The van der Waals surface area contributed by atoms with Crippen molar-refractivity contribution in [2.24, 2.45) is 5.92 Å².